The van der Waals surface area contributed by atoms with Crippen LogP contribution in [0.2, 0.25) is 0 Å². The highest BCUT2D eigenvalue weighted by atomic mass is 32.2. The Hall–Kier alpha value is -1.86. The minimum atomic E-state index is -1.08. The van der Waals surface area contributed by atoms with Crippen LogP contribution in [0.4, 0.5) is 5.69 Å². The summed E-state index contributed by atoms with van der Waals surface area (Å²) in [5, 5.41) is 9.05. The summed E-state index contributed by atoms with van der Waals surface area (Å²) < 4.78 is 0.274. The van der Waals surface area contributed by atoms with Gasteiger partial charge < -0.3 is 10.0 Å². The van der Waals surface area contributed by atoms with E-state index in [2.05, 4.69) is 0 Å². The van der Waals surface area contributed by atoms with E-state index in [0.717, 1.165) is 27.9 Å². The molecule has 116 valence electrons. The smallest absolute Gasteiger partial charge is 0.326 e. The van der Waals surface area contributed by atoms with Crippen molar-refractivity contribution in [2.24, 2.45) is 0 Å². The number of anilines is 1. The predicted molar refractivity (Wildman–Crippen MR) is 92.9 cm³/mol. The van der Waals surface area contributed by atoms with Crippen LogP contribution in [-0.2, 0) is 9.59 Å². The van der Waals surface area contributed by atoms with Crippen LogP contribution in [0.1, 0.15) is 12.5 Å². The number of hydrogen-bond donors (Lipinski definition) is 1. The largest absolute Gasteiger partial charge is 0.480 e. The molecule has 0 saturated carbocycles. The van der Waals surface area contributed by atoms with Gasteiger partial charge in [0, 0.05) is 19.8 Å². The zero-order valence-electron chi connectivity index (χ0n) is 12.4. The molecule has 1 saturated heterocycles. The molecule has 0 bridgehead atoms. The SMILES string of the molecule is CC(C(=O)O)N1C(=O)C(=Cc2ccc(N(C)C)cc2)SC1=S. The highest BCUT2D eigenvalue weighted by Crippen LogP contribution is 2.34. The highest BCUT2D eigenvalue weighted by Gasteiger charge is 2.38. The number of rotatable bonds is 4. The van der Waals surface area contributed by atoms with Crippen molar-refractivity contribution in [2.75, 3.05) is 19.0 Å². The van der Waals surface area contributed by atoms with Crippen LogP contribution in [0, 0.1) is 0 Å². The van der Waals surface area contributed by atoms with Gasteiger partial charge in [-0.15, -0.1) is 0 Å². The quantitative estimate of drug-likeness (QED) is 0.673. The van der Waals surface area contributed by atoms with Gasteiger partial charge in [0.25, 0.3) is 5.91 Å². The van der Waals surface area contributed by atoms with Crippen molar-refractivity contribution in [3.05, 3.63) is 34.7 Å². The lowest BCUT2D eigenvalue weighted by atomic mass is 10.2. The summed E-state index contributed by atoms with van der Waals surface area (Å²) in [5.41, 5.74) is 1.93. The van der Waals surface area contributed by atoms with Gasteiger partial charge in [0.05, 0.1) is 4.91 Å². The first-order valence-corrected chi connectivity index (χ1v) is 7.81. The van der Waals surface area contributed by atoms with Crippen molar-refractivity contribution in [3.63, 3.8) is 0 Å². The number of benzene rings is 1. The molecule has 7 heteroatoms. The molecule has 1 N–H and O–H groups in total. The minimum Gasteiger partial charge on any atom is -0.480 e. The topological polar surface area (TPSA) is 60.9 Å². The average Bonchev–Trinajstić information content (AvgIpc) is 2.73. The van der Waals surface area contributed by atoms with E-state index in [9.17, 15) is 9.59 Å². The van der Waals surface area contributed by atoms with Gasteiger partial charge in [0.2, 0.25) is 0 Å². The summed E-state index contributed by atoms with van der Waals surface area (Å²) in [7, 11) is 3.90. The van der Waals surface area contributed by atoms with Crippen LogP contribution in [0.15, 0.2) is 29.2 Å². The maximum absolute atomic E-state index is 12.3. The first-order valence-electron chi connectivity index (χ1n) is 6.58. The molecule has 0 spiro atoms. The Balaban J connectivity index is 2.24. The van der Waals surface area contributed by atoms with E-state index in [1.54, 1.807) is 6.08 Å². The third-order valence-corrected chi connectivity index (χ3v) is 4.61. The van der Waals surface area contributed by atoms with Crippen LogP contribution in [0.25, 0.3) is 6.08 Å². The van der Waals surface area contributed by atoms with Gasteiger partial charge in [-0.1, -0.05) is 36.1 Å². The molecule has 22 heavy (non-hydrogen) atoms. The van der Waals surface area contributed by atoms with Crippen molar-refractivity contribution in [2.45, 2.75) is 13.0 Å². The third-order valence-electron chi connectivity index (χ3n) is 3.28. The number of carboxylic acids is 1. The zero-order chi connectivity index (χ0) is 16.4. The van der Waals surface area contributed by atoms with Gasteiger partial charge in [0.15, 0.2) is 0 Å². The minimum absolute atomic E-state index is 0.274. The lowest BCUT2D eigenvalue weighted by molar-refractivity contribution is -0.144. The monoisotopic (exact) mass is 336 g/mol. The highest BCUT2D eigenvalue weighted by molar-refractivity contribution is 8.26. The first-order chi connectivity index (χ1) is 10.3. The standard InChI is InChI=1S/C15H16N2O3S2/c1-9(14(19)20)17-13(18)12(22-15(17)21)8-10-4-6-11(7-5-10)16(2)3/h4-9H,1-3H3,(H,19,20). The van der Waals surface area contributed by atoms with E-state index in [4.69, 9.17) is 17.3 Å². The van der Waals surface area contributed by atoms with Crippen molar-refractivity contribution in [1.29, 1.82) is 0 Å². The van der Waals surface area contributed by atoms with E-state index >= 15 is 0 Å². The number of carbonyl (C=O) groups is 2. The Morgan fingerprint density at radius 3 is 2.45 bits per heavy atom. The number of aliphatic carboxylic acids is 1. The summed E-state index contributed by atoms with van der Waals surface area (Å²) in [4.78, 5) is 26.9. The molecule has 2 rings (SSSR count). The van der Waals surface area contributed by atoms with Gasteiger partial charge in [-0.05, 0) is 30.7 Å². The number of carbonyl (C=O) groups excluding carboxylic acids is 1. The Bertz CT molecular complexity index is 653. The van der Waals surface area contributed by atoms with Crippen molar-refractivity contribution < 1.29 is 14.7 Å². The normalized spacial score (nSPS) is 18.0. The van der Waals surface area contributed by atoms with E-state index in [1.807, 2.05) is 43.3 Å². The van der Waals surface area contributed by atoms with Crippen molar-refractivity contribution >= 4 is 51.9 Å². The predicted octanol–water partition coefficient (Wildman–Crippen LogP) is 2.43. The van der Waals surface area contributed by atoms with Crippen LogP contribution >= 0.6 is 24.0 Å². The number of thioether (sulfide) groups is 1. The fraction of sp³-hybridized carbons (Fsp3) is 0.267. The lowest BCUT2D eigenvalue weighted by Gasteiger charge is -2.18. The summed E-state index contributed by atoms with van der Waals surface area (Å²) in [6, 6.07) is 6.75. The van der Waals surface area contributed by atoms with Crippen LogP contribution in [0.5, 0.6) is 0 Å². The van der Waals surface area contributed by atoms with Gasteiger partial charge in [-0.25, -0.2) is 4.79 Å². The molecule has 1 atom stereocenters. The Morgan fingerprint density at radius 1 is 1.36 bits per heavy atom. The summed E-state index contributed by atoms with van der Waals surface area (Å²) in [6.07, 6.45) is 1.73. The molecular formula is C15H16N2O3S2. The number of carboxylic acid groups (broad SMARTS) is 1. The van der Waals surface area contributed by atoms with E-state index in [-0.39, 0.29) is 10.2 Å². The Labute approximate surface area is 138 Å². The first kappa shape index (κ1) is 16.5. The molecule has 0 aromatic heterocycles. The van der Waals surface area contributed by atoms with Gasteiger partial charge in [-0.3, -0.25) is 9.69 Å². The molecule has 1 aromatic carbocycles. The molecule has 1 amide bonds. The average molecular weight is 336 g/mol. The summed E-state index contributed by atoms with van der Waals surface area (Å²) >= 11 is 6.25. The molecule has 1 fully saturated rings. The molecule has 1 aliphatic rings. The number of nitrogens with zero attached hydrogens (tertiary/aromatic N) is 2. The molecule has 0 aliphatic carbocycles. The molecular weight excluding hydrogens is 320 g/mol. The molecule has 1 aromatic rings. The Morgan fingerprint density at radius 2 is 1.95 bits per heavy atom. The van der Waals surface area contributed by atoms with Crippen LogP contribution in [-0.4, -0.2) is 46.3 Å². The number of hydrogen-bond acceptors (Lipinski definition) is 5. The number of amides is 1. The summed E-state index contributed by atoms with van der Waals surface area (Å²) in [6.45, 7) is 1.45. The maximum Gasteiger partial charge on any atom is 0.326 e. The molecule has 1 aliphatic heterocycles. The van der Waals surface area contributed by atoms with E-state index < -0.39 is 12.0 Å². The van der Waals surface area contributed by atoms with Gasteiger partial charge in [0.1, 0.15) is 10.4 Å². The second-order valence-electron chi connectivity index (χ2n) is 5.05. The molecule has 5 nitrogen and oxygen atoms in total. The fourth-order valence-electron chi connectivity index (χ4n) is 1.94. The molecule has 0 radical (unpaired) electrons. The second-order valence-corrected chi connectivity index (χ2v) is 6.73. The fourth-order valence-corrected chi connectivity index (χ4v) is 3.36. The van der Waals surface area contributed by atoms with E-state index in [1.165, 1.54) is 6.92 Å². The second kappa shape index (κ2) is 6.50. The van der Waals surface area contributed by atoms with Crippen LogP contribution < -0.4 is 4.90 Å². The summed E-state index contributed by atoms with van der Waals surface area (Å²) in [5.74, 6) is -1.44. The molecule has 1 heterocycles. The van der Waals surface area contributed by atoms with Crippen molar-refractivity contribution in [1.82, 2.24) is 4.90 Å². The van der Waals surface area contributed by atoms with Gasteiger partial charge >= 0.3 is 5.97 Å². The third kappa shape index (κ3) is 3.31. The maximum atomic E-state index is 12.3. The number of thiocarbonyl (C=S) groups is 1. The van der Waals surface area contributed by atoms with E-state index in [0.29, 0.717) is 4.91 Å². The lowest BCUT2D eigenvalue weighted by Crippen LogP contribution is -2.41. The van der Waals surface area contributed by atoms with Gasteiger partial charge in [-0.2, -0.15) is 0 Å². The molecule has 1 unspecified atom stereocenters. The van der Waals surface area contributed by atoms with Crippen LogP contribution in [0.3, 0.4) is 0 Å². The Kier molecular flexibility index (Phi) is 4.87. The van der Waals surface area contributed by atoms with Crippen molar-refractivity contribution in [3.8, 4) is 0 Å². The zero-order valence-corrected chi connectivity index (χ0v) is 14.1.